The van der Waals surface area contributed by atoms with Gasteiger partial charge in [-0.05, 0) is 60.9 Å². The van der Waals surface area contributed by atoms with Crippen LogP contribution < -0.4 is 10.5 Å². The number of rotatable bonds is 5. The number of benzene rings is 2. The van der Waals surface area contributed by atoms with Crippen LogP contribution in [0.25, 0.3) is 0 Å². The maximum absolute atomic E-state index is 6.06. The molecule has 2 aromatic rings. The van der Waals surface area contributed by atoms with Gasteiger partial charge in [0.25, 0.3) is 0 Å². The van der Waals surface area contributed by atoms with E-state index in [1.54, 1.807) is 0 Å². The molecule has 2 nitrogen and oxygen atoms in total. The smallest absolute Gasteiger partial charge is 0.130 e. The summed E-state index contributed by atoms with van der Waals surface area (Å²) in [5, 5.41) is 0. The minimum atomic E-state index is 0.150. The third-order valence-electron chi connectivity index (χ3n) is 3.07. The molecule has 0 aromatic heterocycles. The van der Waals surface area contributed by atoms with Crippen LogP contribution in [0.1, 0.15) is 18.9 Å². The van der Waals surface area contributed by atoms with Crippen LogP contribution in [0.2, 0.25) is 0 Å². The van der Waals surface area contributed by atoms with Gasteiger partial charge in [0.05, 0.1) is 0 Å². The summed E-state index contributed by atoms with van der Waals surface area (Å²) in [6, 6.07) is 14.0. The molecule has 0 bridgehead atoms. The quantitative estimate of drug-likeness (QED) is 0.743. The van der Waals surface area contributed by atoms with Gasteiger partial charge in [-0.15, -0.1) is 0 Å². The zero-order chi connectivity index (χ0) is 14.5. The Morgan fingerprint density at radius 2 is 1.70 bits per heavy atom. The van der Waals surface area contributed by atoms with Gasteiger partial charge >= 0.3 is 0 Å². The summed E-state index contributed by atoms with van der Waals surface area (Å²) in [5.74, 6) is 1.68. The summed E-state index contributed by atoms with van der Waals surface area (Å²) in [6.07, 6.45) is 1.76. The van der Waals surface area contributed by atoms with E-state index in [1.165, 1.54) is 0 Å². The van der Waals surface area contributed by atoms with Gasteiger partial charge in [0.1, 0.15) is 11.5 Å². The largest absolute Gasteiger partial charge is 0.457 e. The van der Waals surface area contributed by atoms with Crippen LogP contribution in [0.4, 0.5) is 0 Å². The third-order valence-corrected chi connectivity index (χ3v) is 4.09. The van der Waals surface area contributed by atoms with Gasteiger partial charge in [-0.2, -0.15) is 0 Å². The van der Waals surface area contributed by atoms with E-state index in [2.05, 4.69) is 44.8 Å². The summed E-state index contributed by atoms with van der Waals surface area (Å²) in [4.78, 5) is 0. The Kier molecular flexibility index (Phi) is 5.64. The molecule has 2 aromatic carbocycles. The van der Waals surface area contributed by atoms with Crippen LogP contribution in [-0.2, 0) is 6.42 Å². The summed E-state index contributed by atoms with van der Waals surface area (Å²) in [5.41, 5.74) is 7.18. The molecule has 0 saturated heterocycles. The lowest BCUT2D eigenvalue weighted by molar-refractivity contribution is 0.472. The molecular weight excluding hydrogens is 382 g/mol. The number of hydrogen-bond donors (Lipinski definition) is 1. The standard InChI is InChI=1S/C16H17Br2NO/c1-2-14(19)10-11-9-13(18)5-8-16(11)20-15-6-3-12(17)4-7-15/h3-9,14H,2,10,19H2,1H3. The molecular formula is C16H17Br2NO. The van der Waals surface area contributed by atoms with Crippen LogP contribution >= 0.6 is 31.9 Å². The van der Waals surface area contributed by atoms with Gasteiger partial charge in [0, 0.05) is 15.0 Å². The van der Waals surface area contributed by atoms with E-state index in [0.717, 1.165) is 38.8 Å². The van der Waals surface area contributed by atoms with Crippen LogP contribution in [0.3, 0.4) is 0 Å². The minimum Gasteiger partial charge on any atom is -0.457 e. The third kappa shape index (κ3) is 4.33. The Hall–Kier alpha value is -0.840. The van der Waals surface area contributed by atoms with Crippen LogP contribution in [-0.4, -0.2) is 6.04 Å². The molecule has 4 heteroatoms. The Morgan fingerprint density at radius 1 is 1.05 bits per heavy atom. The SMILES string of the molecule is CCC(N)Cc1cc(Br)ccc1Oc1ccc(Br)cc1. The van der Waals surface area contributed by atoms with Crippen LogP contribution in [0, 0.1) is 0 Å². The van der Waals surface area contributed by atoms with Crippen molar-refractivity contribution in [1.29, 1.82) is 0 Å². The number of nitrogens with two attached hydrogens (primary N) is 1. The molecule has 106 valence electrons. The highest BCUT2D eigenvalue weighted by Gasteiger charge is 2.09. The monoisotopic (exact) mass is 397 g/mol. The Labute approximate surface area is 136 Å². The van der Waals surface area contributed by atoms with E-state index in [1.807, 2.05) is 36.4 Å². The molecule has 0 amide bonds. The number of hydrogen-bond acceptors (Lipinski definition) is 2. The molecule has 0 aliphatic heterocycles. The molecule has 20 heavy (non-hydrogen) atoms. The first-order chi connectivity index (χ1) is 9.58. The molecule has 0 heterocycles. The fraction of sp³-hybridized carbons (Fsp3) is 0.250. The first-order valence-corrected chi connectivity index (χ1v) is 8.14. The highest BCUT2D eigenvalue weighted by Crippen LogP contribution is 2.29. The molecule has 0 saturated carbocycles. The van der Waals surface area contributed by atoms with Gasteiger partial charge in [-0.3, -0.25) is 0 Å². The van der Waals surface area contributed by atoms with Crippen molar-refractivity contribution >= 4 is 31.9 Å². The molecule has 0 radical (unpaired) electrons. The highest BCUT2D eigenvalue weighted by molar-refractivity contribution is 9.10. The second-order valence-electron chi connectivity index (χ2n) is 4.68. The Morgan fingerprint density at radius 3 is 2.35 bits per heavy atom. The summed E-state index contributed by atoms with van der Waals surface area (Å²) in [6.45, 7) is 2.10. The van der Waals surface area contributed by atoms with Gasteiger partial charge in [-0.1, -0.05) is 38.8 Å². The molecule has 0 aliphatic carbocycles. The van der Waals surface area contributed by atoms with E-state index >= 15 is 0 Å². The predicted octanol–water partition coefficient (Wildman–Crippen LogP) is 5.28. The molecule has 2 N–H and O–H groups in total. The van der Waals surface area contributed by atoms with Crippen molar-refractivity contribution in [3.05, 3.63) is 57.0 Å². The van der Waals surface area contributed by atoms with Crippen LogP contribution in [0.5, 0.6) is 11.5 Å². The van der Waals surface area contributed by atoms with Crippen molar-refractivity contribution in [2.24, 2.45) is 5.73 Å². The van der Waals surface area contributed by atoms with E-state index in [0.29, 0.717) is 0 Å². The zero-order valence-electron chi connectivity index (χ0n) is 11.3. The van der Waals surface area contributed by atoms with Crippen molar-refractivity contribution < 1.29 is 4.74 Å². The lowest BCUT2D eigenvalue weighted by Gasteiger charge is -2.14. The summed E-state index contributed by atoms with van der Waals surface area (Å²) >= 11 is 6.92. The van der Waals surface area contributed by atoms with E-state index in [9.17, 15) is 0 Å². The lowest BCUT2D eigenvalue weighted by atomic mass is 10.0. The number of halogens is 2. The van der Waals surface area contributed by atoms with Gasteiger partial charge in [-0.25, -0.2) is 0 Å². The van der Waals surface area contributed by atoms with Crippen molar-refractivity contribution in [3.63, 3.8) is 0 Å². The Balaban J connectivity index is 2.23. The first-order valence-electron chi connectivity index (χ1n) is 6.56. The molecule has 0 fully saturated rings. The molecule has 1 unspecified atom stereocenters. The topological polar surface area (TPSA) is 35.2 Å². The Bertz CT molecular complexity index is 569. The molecule has 0 spiro atoms. The zero-order valence-corrected chi connectivity index (χ0v) is 14.4. The summed E-state index contributed by atoms with van der Waals surface area (Å²) < 4.78 is 8.04. The normalized spacial score (nSPS) is 12.2. The molecule has 0 aliphatic rings. The number of ether oxygens (including phenoxy) is 1. The minimum absolute atomic E-state index is 0.150. The fourth-order valence-corrected chi connectivity index (χ4v) is 2.54. The second kappa shape index (κ2) is 7.25. The summed E-state index contributed by atoms with van der Waals surface area (Å²) in [7, 11) is 0. The van der Waals surface area contributed by atoms with E-state index in [4.69, 9.17) is 10.5 Å². The van der Waals surface area contributed by atoms with Gasteiger partial charge < -0.3 is 10.5 Å². The average Bonchev–Trinajstić information content (AvgIpc) is 2.44. The van der Waals surface area contributed by atoms with Gasteiger partial charge in [0.2, 0.25) is 0 Å². The van der Waals surface area contributed by atoms with Gasteiger partial charge in [0.15, 0.2) is 0 Å². The second-order valence-corrected chi connectivity index (χ2v) is 6.51. The maximum Gasteiger partial charge on any atom is 0.130 e. The maximum atomic E-state index is 6.06. The first kappa shape index (κ1) is 15.5. The van der Waals surface area contributed by atoms with E-state index in [-0.39, 0.29) is 6.04 Å². The molecule has 2 rings (SSSR count). The van der Waals surface area contributed by atoms with Crippen molar-refractivity contribution in [2.75, 3.05) is 0 Å². The highest BCUT2D eigenvalue weighted by atomic mass is 79.9. The fourth-order valence-electron chi connectivity index (χ4n) is 1.86. The lowest BCUT2D eigenvalue weighted by Crippen LogP contribution is -2.21. The van der Waals surface area contributed by atoms with Crippen LogP contribution in [0.15, 0.2) is 51.4 Å². The predicted molar refractivity (Wildman–Crippen MR) is 90.3 cm³/mol. The van der Waals surface area contributed by atoms with Crippen molar-refractivity contribution in [1.82, 2.24) is 0 Å². The van der Waals surface area contributed by atoms with E-state index < -0.39 is 0 Å². The molecule has 1 atom stereocenters. The van der Waals surface area contributed by atoms with Crippen molar-refractivity contribution in [3.8, 4) is 11.5 Å². The van der Waals surface area contributed by atoms with Crippen molar-refractivity contribution in [2.45, 2.75) is 25.8 Å². The average molecular weight is 399 g/mol.